The molecule has 2 rings (SSSR count). The molecule has 0 saturated carbocycles. The maximum absolute atomic E-state index is 11.7. The van der Waals surface area contributed by atoms with E-state index in [1.807, 2.05) is 36.6 Å². The second-order valence-corrected chi connectivity index (χ2v) is 5.24. The number of carbonyl (C=O) groups is 1. The fourth-order valence-corrected chi connectivity index (χ4v) is 2.42. The normalized spacial score (nSPS) is 11.8. The van der Waals surface area contributed by atoms with Gasteiger partial charge in [-0.2, -0.15) is 0 Å². The summed E-state index contributed by atoms with van der Waals surface area (Å²) in [6.07, 6.45) is 2.59. The molecule has 5 heteroatoms. The largest absolute Gasteiger partial charge is 0.338 e. The maximum Gasteiger partial charge on any atom is 0.315 e. The van der Waals surface area contributed by atoms with Gasteiger partial charge in [0, 0.05) is 17.6 Å². The van der Waals surface area contributed by atoms with Gasteiger partial charge in [0.15, 0.2) is 0 Å². The Morgan fingerprint density at radius 2 is 2.26 bits per heavy atom. The van der Waals surface area contributed by atoms with E-state index < -0.39 is 0 Å². The summed E-state index contributed by atoms with van der Waals surface area (Å²) in [5.41, 5.74) is 0.857. The number of nitrogens with one attached hydrogen (secondary N) is 2. The Balaban J connectivity index is 1.72. The van der Waals surface area contributed by atoms with Crippen LogP contribution in [0.5, 0.6) is 0 Å². The van der Waals surface area contributed by atoms with Crippen LogP contribution in [-0.2, 0) is 6.42 Å². The van der Waals surface area contributed by atoms with E-state index in [1.165, 1.54) is 4.88 Å². The highest BCUT2D eigenvalue weighted by atomic mass is 32.1. The highest BCUT2D eigenvalue weighted by molar-refractivity contribution is 7.09. The van der Waals surface area contributed by atoms with Crippen molar-refractivity contribution in [2.24, 2.45) is 0 Å². The predicted molar refractivity (Wildman–Crippen MR) is 77.2 cm³/mol. The minimum Gasteiger partial charge on any atom is -0.338 e. The van der Waals surface area contributed by atoms with Crippen LogP contribution in [0, 0.1) is 0 Å². The maximum atomic E-state index is 11.7. The summed E-state index contributed by atoms with van der Waals surface area (Å²) in [5.74, 6) is 0. The number of carbonyl (C=O) groups excluding carboxylic acids is 1. The van der Waals surface area contributed by atoms with Crippen LogP contribution in [0.15, 0.2) is 41.9 Å². The van der Waals surface area contributed by atoms with Crippen molar-refractivity contribution < 1.29 is 4.79 Å². The first-order chi connectivity index (χ1) is 9.25. The van der Waals surface area contributed by atoms with E-state index in [9.17, 15) is 4.79 Å². The highest BCUT2D eigenvalue weighted by Gasteiger charge is 2.09. The average Bonchev–Trinajstić information content (AvgIpc) is 2.93. The molecule has 1 atom stereocenters. The quantitative estimate of drug-likeness (QED) is 0.881. The summed E-state index contributed by atoms with van der Waals surface area (Å²) < 4.78 is 0. The Labute approximate surface area is 116 Å². The van der Waals surface area contributed by atoms with Crippen molar-refractivity contribution in [2.75, 3.05) is 6.54 Å². The molecule has 0 aromatic carbocycles. The van der Waals surface area contributed by atoms with Crippen LogP contribution >= 0.6 is 11.3 Å². The number of thiophene rings is 1. The molecule has 0 radical (unpaired) electrons. The lowest BCUT2D eigenvalue weighted by Gasteiger charge is -2.13. The number of hydrogen-bond acceptors (Lipinski definition) is 3. The van der Waals surface area contributed by atoms with Crippen molar-refractivity contribution in [3.8, 4) is 0 Å². The Hall–Kier alpha value is -1.88. The van der Waals surface area contributed by atoms with Gasteiger partial charge in [-0.05, 0) is 36.9 Å². The molecular formula is C14H17N3OS. The van der Waals surface area contributed by atoms with Crippen LogP contribution in [0.2, 0.25) is 0 Å². The number of urea groups is 1. The van der Waals surface area contributed by atoms with Crippen LogP contribution < -0.4 is 10.6 Å². The number of pyridine rings is 1. The monoisotopic (exact) mass is 275 g/mol. The van der Waals surface area contributed by atoms with E-state index in [4.69, 9.17) is 0 Å². The molecule has 0 aliphatic rings. The van der Waals surface area contributed by atoms with E-state index in [0.717, 1.165) is 12.1 Å². The zero-order valence-corrected chi connectivity index (χ0v) is 11.6. The lowest BCUT2D eigenvalue weighted by Crippen LogP contribution is -2.38. The van der Waals surface area contributed by atoms with Crippen molar-refractivity contribution in [2.45, 2.75) is 19.4 Å². The average molecular weight is 275 g/mol. The second-order valence-electron chi connectivity index (χ2n) is 4.21. The van der Waals surface area contributed by atoms with Crippen molar-refractivity contribution in [3.63, 3.8) is 0 Å². The zero-order chi connectivity index (χ0) is 13.5. The molecule has 2 aromatic heterocycles. The first kappa shape index (κ1) is 13.5. The Kier molecular flexibility index (Phi) is 4.92. The molecule has 2 amide bonds. The third-order valence-corrected chi connectivity index (χ3v) is 3.65. The SMILES string of the molecule is C[C@@H](NC(=O)NCCc1cccs1)c1ccccn1. The number of nitrogens with zero attached hydrogens (tertiary/aromatic N) is 1. The van der Waals surface area contributed by atoms with Crippen LogP contribution in [-0.4, -0.2) is 17.6 Å². The third-order valence-electron chi connectivity index (χ3n) is 2.72. The predicted octanol–water partition coefficient (Wildman–Crippen LogP) is 2.75. The van der Waals surface area contributed by atoms with Gasteiger partial charge in [0.1, 0.15) is 0 Å². The topological polar surface area (TPSA) is 54.0 Å². The zero-order valence-electron chi connectivity index (χ0n) is 10.8. The van der Waals surface area contributed by atoms with Crippen LogP contribution in [0.4, 0.5) is 4.79 Å². The van der Waals surface area contributed by atoms with Crippen LogP contribution in [0.1, 0.15) is 23.5 Å². The lowest BCUT2D eigenvalue weighted by atomic mass is 10.2. The molecule has 0 unspecified atom stereocenters. The fraction of sp³-hybridized carbons (Fsp3) is 0.286. The van der Waals surface area contributed by atoms with Crippen molar-refractivity contribution >= 4 is 17.4 Å². The van der Waals surface area contributed by atoms with Gasteiger partial charge in [0.25, 0.3) is 0 Å². The molecule has 100 valence electrons. The van der Waals surface area contributed by atoms with Gasteiger partial charge in [0.2, 0.25) is 0 Å². The molecule has 2 heterocycles. The standard InChI is InChI=1S/C14H17N3OS/c1-11(13-6-2-3-8-15-13)17-14(18)16-9-7-12-5-4-10-19-12/h2-6,8,10-11H,7,9H2,1H3,(H2,16,17,18)/t11-/m1/s1. The molecule has 19 heavy (non-hydrogen) atoms. The highest BCUT2D eigenvalue weighted by Crippen LogP contribution is 2.09. The second kappa shape index (κ2) is 6.89. The molecule has 0 aliphatic carbocycles. The van der Waals surface area contributed by atoms with Crippen molar-refractivity contribution in [1.82, 2.24) is 15.6 Å². The van der Waals surface area contributed by atoms with Crippen LogP contribution in [0.25, 0.3) is 0 Å². The van der Waals surface area contributed by atoms with Gasteiger partial charge in [-0.25, -0.2) is 4.79 Å². The number of rotatable bonds is 5. The van der Waals surface area contributed by atoms with E-state index in [-0.39, 0.29) is 12.1 Å². The smallest absolute Gasteiger partial charge is 0.315 e. The summed E-state index contributed by atoms with van der Waals surface area (Å²) in [7, 11) is 0. The van der Waals surface area contributed by atoms with E-state index >= 15 is 0 Å². The molecule has 4 nitrogen and oxygen atoms in total. The summed E-state index contributed by atoms with van der Waals surface area (Å²) >= 11 is 1.70. The summed E-state index contributed by atoms with van der Waals surface area (Å²) in [6.45, 7) is 2.56. The van der Waals surface area contributed by atoms with Gasteiger partial charge in [-0.1, -0.05) is 12.1 Å². The fourth-order valence-electron chi connectivity index (χ4n) is 1.71. The Morgan fingerprint density at radius 1 is 1.37 bits per heavy atom. The summed E-state index contributed by atoms with van der Waals surface area (Å²) in [4.78, 5) is 17.2. The molecule has 0 fully saturated rings. The minimum atomic E-state index is -0.158. The Morgan fingerprint density at radius 3 is 2.95 bits per heavy atom. The van der Waals surface area contributed by atoms with Gasteiger partial charge >= 0.3 is 6.03 Å². The number of aromatic nitrogens is 1. The molecular weight excluding hydrogens is 258 g/mol. The third kappa shape index (κ3) is 4.37. The van der Waals surface area contributed by atoms with Gasteiger partial charge < -0.3 is 10.6 Å². The summed E-state index contributed by atoms with van der Waals surface area (Å²) in [6, 6.07) is 9.50. The molecule has 0 saturated heterocycles. The van der Waals surface area contributed by atoms with Gasteiger partial charge in [-0.3, -0.25) is 4.98 Å². The molecule has 0 spiro atoms. The van der Waals surface area contributed by atoms with Gasteiger partial charge in [-0.15, -0.1) is 11.3 Å². The van der Waals surface area contributed by atoms with Crippen LogP contribution in [0.3, 0.4) is 0 Å². The summed E-state index contributed by atoms with van der Waals surface area (Å²) in [5, 5.41) is 7.76. The Bertz CT molecular complexity index is 499. The molecule has 0 bridgehead atoms. The van der Waals surface area contributed by atoms with E-state index in [1.54, 1.807) is 17.5 Å². The first-order valence-corrected chi connectivity index (χ1v) is 7.11. The van der Waals surface area contributed by atoms with E-state index in [0.29, 0.717) is 6.54 Å². The lowest BCUT2D eigenvalue weighted by molar-refractivity contribution is 0.238. The molecule has 2 aromatic rings. The van der Waals surface area contributed by atoms with Gasteiger partial charge in [0.05, 0.1) is 11.7 Å². The first-order valence-electron chi connectivity index (χ1n) is 6.23. The minimum absolute atomic E-state index is 0.0945. The molecule has 2 N–H and O–H groups in total. The molecule has 0 aliphatic heterocycles. The van der Waals surface area contributed by atoms with E-state index in [2.05, 4.69) is 21.7 Å². The number of amides is 2. The number of hydrogen-bond donors (Lipinski definition) is 2. The van der Waals surface area contributed by atoms with Crippen molar-refractivity contribution in [1.29, 1.82) is 0 Å². The van der Waals surface area contributed by atoms with Crippen molar-refractivity contribution in [3.05, 3.63) is 52.5 Å².